The summed E-state index contributed by atoms with van der Waals surface area (Å²) in [4.78, 5) is 0. The molecule has 0 unspecified atom stereocenters. The van der Waals surface area contributed by atoms with E-state index < -0.39 is 0 Å². The first-order chi connectivity index (χ1) is 10.4. The highest BCUT2D eigenvalue weighted by molar-refractivity contribution is 6.23. The van der Waals surface area contributed by atoms with E-state index in [9.17, 15) is 0 Å². The maximum absolute atomic E-state index is 3.65. The van der Waals surface area contributed by atoms with Crippen molar-refractivity contribution in [2.24, 2.45) is 0 Å². The van der Waals surface area contributed by atoms with Gasteiger partial charge in [-0.1, -0.05) is 54.6 Å². The summed E-state index contributed by atoms with van der Waals surface area (Å²) < 4.78 is 0. The zero-order valence-electron chi connectivity index (χ0n) is 11.9. The molecule has 0 bridgehead atoms. The van der Waals surface area contributed by atoms with Crippen LogP contribution in [0.2, 0.25) is 0 Å². The van der Waals surface area contributed by atoms with Gasteiger partial charge in [-0.3, -0.25) is 0 Å². The van der Waals surface area contributed by atoms with Crippen LogP contribution >= 0.6 is 0 Å². The van der Waals surface area contributed by atoms with Gasteiger partial charge in [-0.05, 0) is 57.3 Å². The van der Waals surface area contributed by atoms with Crippen LogP contribution in [0.4, 0.5) is 0 Å². The van der Waals surface area contributed by atoms with Crippen molar-refractivity contribution in [1.82, 2.24) is 5.32 Å². The van der Waals surface area contributed by atoms with Crippen molar-refractivity contribution in [3.8, 4) is 0 Å². The van der Waals surface area contributed by atoms with Crippen molar-refractivity contribution >= 4 is 32.3 Å². The molecule has 0 saturated carbocycles. The van der Waals surface area contributed by atoms with Crippen LogP contribution < -0.4 is 5.32 Å². The fourth-order valence-electron chi connectivity index (χ4n) is 4.01. The summed E-state index contributed by atoms with van der Waals surface area (Å²) in [6, 6.07) is 20.9. The lowest BCUT2D eigenvalue weighted by molar-refractivity contribution is 0.653. The highest BCUT2D eigenvalue weighted by Crippen LogP contribution is 2.38. The van der Waals surface area contributed by atoms with Gasteiger partial charge in [-0.25, -0.2) is 0 Å². The van der Waals surface area contributed by atoms with Crippen molar-refractivity contribution < 1.29 is 0 Å². The van der Waals surface area contributed by atoms with Crippen LogP contribution in [-0.4, -0.2) is 6.54 Å². The van der Waals surface area contributed by atoms with Gasteiger partial charge < -0.3 is 5.32 Å². The van der Waals surface area contributed by atoms with E-state index in [0.29, 0.717) is 6.04 Å². The van der Waals surface area contributed by atoms with E-state index in [1.807, 2.05) is 0 Å². The van der Waals surface area contributed by atoms with Gasteiger partial charge in [0.05, 0.1) is 0 Å². The molecule has 1 N–H and O–H groups in total. The number of benzene rings is 4. The van der Waals surface area contributed by atoms with E-state index in [2.05, 4.69) is 59.9 Å². The third-order valence-electron chi connectivity index (χ3n) is 5.00. The summed E-state index contributed by atoms with van der Waals surface area (Å²) >= 11 is 0. The normalized spacial score (nSPS) is 19.1. The lowest BCUT2D eigenvalue weighted by Gasteiger charge is -2.17. The number of hydrogen-bond donors (Lipinski definition) is 1. The van der Waals surface area contributed by atoms with E-state index in [0.717, 1.165) is 6.54 Å². The van der Waals surface area contributed by atoms with Gasteiger partial charge in [0.1, 0.15) is 0 Å². The Bertz CT molecular complexity index is 932. The lowest BCUT2D eigenvalue weighted by Crippen LogP contribution is -2.13. The van der Waals surface area contributed by atoms with E-state index in [1.54, 1.807) is 0 Å². The van der Waals surface area contributed by atoms with E-state index >= 15 is 0 Å². The van der Waals surface area contributed by atoms with Gasteiger partial charge in [-0.2, -0.15) is 0 Å². The first-order valence-corrected chi connectivity index (χ1v) is 7.82. The summed E-state index contributed by atoms with van der Waals surface area (Å²) in [7, 11) is 0. The van der Waals surface area contributed by atoms with Gasteiger partial charge in [0.15, 0.2) is 0 Å². The van der Waals surface area contributed by atoms with Crippen LogP contribution in [0.5, 0.6) is 0 Å². The molecule has 5 rings (SSSR count). The zero-order chi connectivity index (χ0) is 13.8. The molecular formula is C20H17N. The van der Waals surface area contributed by atoms with Crippen LogP contribution in [0.1, 0.15) is 24.4 Å². The van der Waals surface area contributed by atoms with Crippen LogP contribution in [0.25, 0.3) is 32.3 Å². The Kier molecular flexibility index (Phi) is 2.30. The Morgan fingerprint density at radius 1 is 0.762 bits per heavy atom. The number of hydrogen-bond acceptors (Lipinski definition) is 1. The summed E-state index contributed by atoms with van der Waals surface area (Å²) in [6.07, 6.45) is 2.54. The Morgan fingerprint density at radius 3 is 2.24 bits per heavy atom. The maximum atomic E-state index is 3.65. The first kappa shape index (κ1) is 11.5. The third kappa shape index (κ3) is 1.55. The molecule has 1 saturated heterocycles. The summed E-state index contributed by atoms with van der Waals surface area (Å²) in [5.74, 6) is 0. The minimum Gasteiger partial charge on any atom is -0.310 e. The average molecular weight is 271 g/mol. The van der Waals surface area contributed by atoms with Crippen molar-refractivity contribution in [3.05, 3.63) is 60.2 Å². The van der Waals surface area contributed by atoms with Crippen LogP contribution in [-0.2, 0) is 0 Å². The Labute approximate surface area is 123 Å². The van der Waals surface area contributed by atoms with Crippen molar-refractivity contribution in [1.29, 1.82) is 0 Å². The molecule has 1 fully saturated rings. The minimum atomic E-state index is 0.523. The van der Waals surface area contributed by atoms with Crippen LogP contribution in [0.15, 0.2) is 54.6 Å². The molecule has 1 aliphatic heterocycles. The number of rotatable bonds is 1. The number of nitrogens with one attached hydrogen (secondary N) is 1. The van der Waals surface area contributed by atoms with Crippen LogP contribution in [0, 0.1) is 0 Å². The quantitative estimate of drug-likeness (QED) is 0.480. The molecule has 0 spiro atoms. The molecule has 21 heavy (non-hydrogen) atoms. The second-order valence-electron chi connectivity index (χ2n) is 6.16. The largest absolute Gasteiger partial charge is 0.310 e. The van der Waals surface area contributed by atoms with E-state index in [1.165, 1.54) is 50.7 Å². The maximum Gasteiger partial charge on any atom is 0.0326 e. The molecule has 1 atom stereocenters. The van der Waals surface area contributed by atoms with Gasteiger partial charge in [-0.15, -0.1) is 0 Å². The molecule has 1 aliphatic rings. The average Bonchev–Trinajstić information content (AvgIpc) is 3.07. The predicted molar refractivity (Wildman–Crippen MR) is 90.1 cm³/mol. The van der Waals surface area contributed by atoms with Gasteiger partial charge in [0, 0.05) is 6.04 Å². The molecule has 4 aromatic rings. The molecule has 1 nitrogen and oxygen atoms in total. The highest BCUT2D eigenvalue weighted by atomic mass is 14.9. The highest BCUT2D eigenvalue weighted by Gasteiger charge is 2.19. The predicted octanol–water partition coefficient (Wildman–Crippen LogP) is 5.01. The van der Waals surface area contributed by atoms with Gasteiger partial charge >= 0.3 is 0 Å². The first-order valence-electron chi connectivity index (χ1n) is 7.82. The fourth-order valence-corrected chi connectivity index (χ4v) is 4.01. The lowest BCUT2D eigenvalue weighted by atomic mass is 9.89. The van der Waals surface area contributed by atoms with Crippen molar-refractivity contribution in [2.75, 3.05) is 6.54 Å². The molecule has 102 valence electrons. The zero-order valence-corrected chi connectivity index (χ0v) is 11.9. The van der Waals surface area contributed by atoms with Crippen molar-refractivity contribution in [2.45, 2.75) is 18.9 Å². The molecule has 0 aromatic heterocycles. The van der Waals surface area contributed by atoms with Crippen molar-refractivity contribution in [3.63, 3.8) is 0 Å². The minimum absolute atomic E-state index is 0.523. The summed E-state index contributed by atoms with van der Waals surface area (Å²) in [5.41, 5.74) is 1.47. The van der Waals surface area contributed by atoms with Gasteiger partial charge in [0.2, 0.25) is 0 Å². The monoisotopic (exact) mass is 271 g/mol. The smallest absolute Gasteiger partial charge is 0.0326 e. The molecule has 0 radical (unpaired) electrons. The van der Waals surface area contributed by atoms with E-state index in [-0.39, 0.29) is 0 Å². The second kappa shape index (κ2) is 4.19. The summed E-state index contributed by atoms with van der Waals surface area (Å²) in [5, 5.41) is 12.0. The molecular weight excluding hydrogens is 254 g/mol. The molecule has 1 heterocycles. The Balaban J connectivity index is 1.96. The topological polar surface area (TPSA) is 12.0 Å². The summed E-state index contributed by atoms with van der Waals surface area (Å²) in [6.45, 7) is 1.15. The van der Waals surface area contributed by atoms with Gasteiger partial charge in [0.25, 0.3) is 0 Å². The molecule has 0 amide bonds. The molecule has 0 aliphatic carbocycles. The second-order valence-corrected chi connectivity index (χ2v) is 6.16. The molecule has 4 aromatic carbocycles. The SMILES string of the molecule is c1cc2ccc3ccc([C@@H]4CCCN4)c4ccc(c1)c2c34. The van der Waals surface area contributed by atoms with E-state index in [4.69, 9.17) is 0 Å². The molecule has 1 heteroatoms. The Morgan fingerprint density at radius 2 is 1.48 bits per heavy atom. The van der Waals surface area contributed by atoms with Crippen LogP contribution in [0.3, 0.4) is 0 Å². The fraction of sp³-hybridized carbons (Fsp3) is 0.200. The Hall–Kier alpha value is -2.12. The standard InChI is InChI=1S/C20H17N/c1-3-13-6-7-15-8-10-16(18-5-2-12-21-18)17-11-9-14(4-1)19(13)20(15)17/h1,3-4,6-11,18,21H,2,5,12H2/t18-/m0/s1. The third-order valence-corrected chi connectivity index (χ3v) is 5.00.